The van der Waals surface area contributed by atoms with Gasteiger partial charge in [0.05, 0.1) is 24.3 Å². The van der Waals surface area contributed by atoms with Crippen LogP contribution in [-0.4, -0.2) is 58.4 Å². The highest BCUT2D eigenvalue weighted by molar-refractivity contribution is 5.93. The molecule has 1 aliphatic carbocycles. The fourth-order valence-corrected chi connectivity index (χ4v) is 6.03. The monoisotopic (exact) mass is 459 g/mol. The van der Waals surface area contributed by atoms with Gasteiger partial charge in [-0.1, -0.05) is 6.92 Å². The summed E-state index contributed by atoms with van der Waals surface area (Å²) in [5.74, 6) is -1.51. The van der Waals surface area contributed by atoms with Gasteiger partial charge in [0.2, 0.25) is 5.91 Å². The zero-order chi connectivity index (χ0) is 23.9. The Morgan fingerprint density at radius 3 is 2.36 bits per heavy atom. The molecule has 5 atom stereocenters. The highest BCUT2D eigenvalue weighted by Gasteiger charge is 2.70. The van der Waals surface area contributed by atoms with Gasteiger partial charge in [-0.3, -0.25) is 14.4 Å². The van der Waals surface area contributed by atoms with Gasteiger partial charge in [-0.05, 0) is 56.9 Å². The molecule has 2 aliphatic heterocycles. The summed E-state index contributed by atoms with van der Waals surface area (Å²) < 4.78 is 5.50. The van der Waals surface area contributed by atoms with Crippen LogP contribution in [0.1, 0.15) is 58.8 Å². The quantitative estimate of drug-likeness (QED) is 0.311. The number of nitrogens with zero attached hydrogens (tertiary/aromatic N) is 1. The van der Waals surface area contributed by atoms with Gasteiger partial charge < -0.3 is 30.3 Å². The van der Waals surface area contributed by atoms with E-state index in [4.69, 9.17) is 9.84 Å². The van der Waals surface area contributed by atoms with Crippen LogP contribution in [0.15, 0.2) is 24.3 Å². The second kappa shape index (κ2) is 8.70. The standard InChI is InChI=1S/C24H33N3O6/c1-23-12-4-14-27(32,18(23)11-13-24(2)22(23)33-24)15-20(29)26-17-9-7-16(8-10-17)25-19(28)5-3-6-21(30)31/h7-10,18,22H,3-6,11-15H2,1-2H3,(H,25,28)(H,26,29)(H,30,31)/t18-,22?,23-,24+,27?/m1/s1. The average molecular weight is 460 g/mol. The van der Waals surface area contributed by atoms with Crippen LogP contribution >= 0.6 is 0 Å². The second-order valence-corrected chi connectivity index (χ2v) is 10.2. The predicted octanol–water partition coefficient (Wildman–Crippen LogP) is 3.25. The first-order valence-electron chi connectivity index (χ1n) is 11.7. The molecule has 0 spiro atoms. The summed E-state index contributed by atoms with van der Waals surface area (Å²) in [6.45, 7) is 4.61. The zero-order valence-corrected chi connectivity index (χ0v) is 19.3. The highest BCUT2D eigenvalue weighted by atomic mass is 16.6. The molecule has 3 N–H and O–H groups in total. The van der Waals surface area contributed by atoms with Crippen molar-refractivity contribution in [3.8, 4) is 0 Å². The minimum absolute atomic E-state index is 0.0505. The van der Waals surface area contributed by atoms with E-state index in [1.807, 2.05) is 0 Å². The Hall–Kier alpha value is -2.49. The molecule has 0 bridgehead atoms. The number of carboxylic acids is 1. The Morgan fingerprint density at radius 1 is 1.09 bits per heavy atom. The number of carbonyl (C=O) groups excluding carboxylic acids is 2. The molecule has 9 heteroatoms. The maximum absolute atomic E-state index is 13.8. The summed E-state index contributed by atoms with van der Waals surface area (Å²) >= 11 is 0. The number of fused-ring (bicyclic) bond motifs is 3. The van der Waals surface area contributed by atoms with Crippen LogP contribution in [0.25, 0.3) is 0 Å². The van der Waals surface area contributed by atoms with Crippen molar-refractivity contribution in [1.29, 1.82) is 0 Å². The topological polar surface area (TPSA) is 131 Å². The number of nitrogens with one attached hydrogen (secondary N) is 2. The van der Waals surface area contributed by atoms with Crippen molar-refractivity contribution in [2.45, 2.75) is 76.5 Å². The van der Waals surface area contributed by atoms with Crippen LogP contribution in [0.2, 0.25) is 0 Å². The first kappa shape index (κ1) is 23.7. The van der Waals surface area contributed by atoms with E-state index in [9.17, 15) is 19.6 Å². The molecule has 3 aliphatic rings. The van der Waals surface area contributed by atoms with Gasteiger partial charge in [-0.2, -0.15) is 0 Å². The number of epoxide rings is 1. The predicted molar refractivity (Wildman–Crippen MR) is 122 cm³/mol. The lowest BCUT2D eigenvalue weighted by atomic mass is 9.63. The molecule has 2 unspecified atom stereocenters. The van der Waals surface area contributed by atoms with Crippen LogP contribution in [0.5, 0.6) is 0 Å². The van der Waals surface area contributed by atoms with E-state index in [2.05, 4.69) is 24.5 Å². The van der Waals surface area contributed by atoms with E-state index in [-0.39, 0.29) is 60.8 Å². The number of hydrogen-bond donors (Lipinski definition) is 3. The van der Waals surface area contributed by atoms with E-state index in [0.29, 0.717) is 17.9 Å². The molecule has 3 fully saturated rings. The van der Waals surface area contributed by atoms with Gasteiger partial charge >= 0.3 is 5.97 Å². The number of likely N-dealkylation sites (tertiary alicyclic amines) is 1. The first-order valence-corrected chi connectivity index (χ1v) is 11.7. The van der Waals surface area contributed by atoms with Gasteiger partial charge in [0.15, 0.2) is 6.54 Å². The number of rotatable bonds is 8. The number of hydrogen-bond acceptors (Lipinski definition) is 5. The fraction of sp³-hybridized carbons (Fsp3) is 0.625. The smallest absolute Gasteiger partial charge is 0.303 e. The Balaban J connectivity index is 1.31. The van der Waals surface area contributed by atoms with Crippen molar-refractivity contribution in [1.82, 2.24) is 0 Å². The third kappa shape index (κ3) is 4.90. The van der Waals surface area contributed by atoms with E-state index >= 15 is 0 Å². The van der Waals surface area contributed by atoms with Crippen molar-refractivity contribution in [3.63, 3.8) is 0 Å². The molecular formula is C24H33N3O6. The minimum atomic E-state index is -0.929. The first-order chi connectivity index (χ1) is 15.5. The van der Waals surface area contributed by atoms with Crippen LogP contribution in [0.3, 0.4) is 0 Å². The zero-order valence-electron chi connectivity index (χ0n) is 19.3. The normalized spacial score (nSPS) is 34.5. The number of ether oxygens (including phenoxy) is 1. The van der Waals surface area contributed by atoms with Gasteiger partial charge in [0.1, 0.15) is 0 Å². The molecular weight excluding hydrogens is 426 g/mol. The molecule has 9 nitrogen and oxygen atoms in total. The molecule has 2 heterocycles. The Labute approximate surface area is 193 Å². The van der Waals surface area contributed by atoms with Crippen molar-refractivity contribution < 1.29 is 28.9 Å². The number of aliphatic carboxylic acids is 1. The van der Waals surface area contributed by atoms with Crippen molar-refractivity contribution >= 4 is 29.2 Å². The number of benzene rings is 1. The lowest BCUT2D eigenvalue weighted by molar-refractivity contribution is -0.913. The maximum Gasteiger partial charge on any atom is 0.303 e. The lowest BCUT2D eigenvalue weighted by Crippen LogP contribution is -2.66. The molecule has 1 aromatic rings. The molecule has 180 valence electrons. The number of anilines is 2. The summed E-state index contributed by atoms with van der Waals surface area (Å²) in [4.78, 5) is 35.2. The van der Waals surface area contributed by atoms with E-state index in [1.165, 1.54) is 0 Å². The van der Waals surface area contributed by atoms with Gasteiger partial charge in [0, 0.05) is 36.1 Å². The molecule has 2 amide bonds. The molecule has 2 saturated heterocycles. The number of carbonyl (C=O) groups is 3. The Kier molecular flexibility index (Phi) is 6.24. The van der Waals surface area contributed by atoms with Crippen LogP contribution in [0.4, 0.5) is 11.4 Å². The van der Waals surface area contributed by atoms with Gasteiger partial charge in [0.25, 0.3) is 5.91 Å². The lowest BCUT2D eigenvalue weighted by Gasteiger charge is -2.59. The number of amides is 2. The molecule has 33 heavy (non-hydrogen) atoms. The molecule has 4 rings (SSSR count). The Bertz CT molecular complexity index is 937. The molecule has 1 aromatic carbocycles. The second-order valence-electron chi connectivity index (χ2n) is 10.2. The van der Waals surface area contributed by atoms with E-state index in [0.717, 1.165) is 25.7 Å². The van der Waals surface area contributed by atoms with Crippen molar-refractivity contribution in [2.24, 2.45) is 5.41 Å². The summed E-state index contributed by atoms with van der Waals surface area (Å²) in [6.07, 6.45) is 3.87. The number of piperidine rings is 1. The van der Waals surface area contributed by atoms with Crippen molar-refractivity contribution in [2.75, 3.05) is 23.7 Å². The summed E-state index contributed by atoms with van der Waals surface area (Å²) in [6, 6.07) is 6.54. The molecule has 0 aromatic heterocycles. The number of quaternary nitrogens is 1. The number of hydroxylamine groups is 3. The van der Waals surface area contributed by atoms with Gasteiger partial charge in [-0.25, -0.2) is 0 Å². The largest absolute Gasteiger partial charge is 0.632 e. The minimum Gasteiger partial charge on any atom is -0.632 e. The third-order valence-corrected chi connectivity index (χ3v) is 7.64. The third-order valence-electron chi connectivity index (χ3n) is 7.64. The fourth-order valence-electron chi connectivity index (χ4n) is 6.03. The summed E-state index contributed by atoms with van der Waals surface area (Å²) in [7, 11) is 0. The average Bonchev–Trinajstić information content (AvgIpc) is 3.42. The van der Waals surface area contributed by atoms with Crippen LogP contribution < -0.4 is 10.6 Å². The summed E-state index contributed by atoms with van der Waals surface area (Å²) in [5.41, 5.74) is 0.833. The van der Waals surface area contributed by atoms with E-state index in [1.54, 1.807) is 24.3 Å². The highest BCUT2D eigenvalue weighted by Crippen LogP contribution is 2.61. The van der Waals surface area contributed by atoms with E-state index < -0.39 is 10.6 Å². The van der Waals surface area contributed by atoms with Crippen LogP contribution in [0, 0.1) is 10.6 Å². The maximum atomic E-state index is 13.8. The summed E-state index contributed by atoms with van der Waals surface area (Å²) in [5, 5.41) is 28.0. The molecule has 0 radical (unpaired) electrons. The van der Waals surface area contributed by atoms with Crippen LogP contribution in [-0.2, 0) is 19.1 Å². The van der Waals surface area contributed by atoms with Gasteiger partial charge in [-0.15, -0.1) is 0 Å². The van der Waals surface area contributed by atoms with Crippen molar-refractivity contribution in [3.05, 3.63) is 29.5 Å². The Morgan fingerprint density at radius 2 is 1.73 bits per heavy atom. The SMILES string of the molecule is C[C@@]12CCC[N+]([O-])(CC(=O)Nc3ccc(NC(=O)CCCC(=O)O)cc3)[C@@H]1CC[C@]1(C)OC21. The molecule has 1 saturated carbocycles. The number of carboxylic acid groups (broad SMARTS) is 1.